The second-order valence-electron chi connectivity index (χ2n) is 6.78. The van der Waals surface area contributed by atoms with E-state index >= 15 is 0 Å². The molecule has 0 saturated carbocycles. The average molecular weight is 396 g/mol. The zero-order chi connectivity index (χ0) is 19.9. The lowest BCUT2D eigenvalue weighted by molar-refractivity contribution is -0.116. The van der Waals surface area contributed by atoms with Crippen molar-refractivity contribution in [1.29, 1.82) is 0 Å². The Bertz CT molecular complexity index is 962. The molecule has 6 heteroatoms. The number of amides is 2. The van der Waals surface area contributed by atoms with E-state index in [1.165, 1.54) is 11.3 Å². The van der Waals surface area contributed by atoms with Crippen LogP contribution in [0.25, 0.3) is 10.8 Å². The van der Waals surface area contributed by atoms with E-state index in [0.29, 0.717) is 17.2 Å². The van der Waals surface area contributed by atoms with Gasteiger partial charge in [-0.2, -0.15) is 0 Å². The van der Waals surface area contributed by atoms with Gasteiger partial charge in [0.2, 0.25) is 5.91 Å². The van der Waals surface area contributed by atoms with Crippen LogP contribution in [0.4, 0.5) is 5.13 Å². The number of unbranched alkanes of at least 4 members (excludes halogenated alkanes) is 2. The van der Waals surface area contributed by atoms with Gasteiger partial charge in [-0.15, -0.1) is 11.3 Å². The maximum Gasteiger partial charge on any atom is 0.254 e. The molecule has 0 aliphatic heterocycles. The number of benzene rings is 2. The highest BCUT2D eigenvalue weighted by molar-refractivity contribution is 7.15. The van der Waals surface area contributed by atoms with Gasteiger partial charge in [-0.1, -0.05) is 56.2 Å². The summed E-state index contributed by atoms with van der Waals surface area (Å²) < 4.78 is 0. The molecule has 1 N–H and O–H groups in total. The Hall–Kier alpha value is -2.73. The summed E-state index contributed by atoms with van der Waals surface area (Å²) >= 11 is 1.42. The van der Waals surface area contributed by atoms with Crippen molar-refractivity contribution in [3.63, 3.8) is 0 Å². The predicted octanol–water partition coefficient (Wildman–Crippen LogP) is 4.88. The van der Waals surface area contributed by atoms with Gasteiger partial charge in [0, 0.05) is 23.2 Å². The van der Waals surface area contributed by atoms with Crippen LogP contribution in [0.15, 0.2) is 48.7 Å². The van der Waals surface area contributed by atoms with Crippen molar-refractivity contribution in [3.05, 3.63) is 59.1 Å². The molecule has 0 saturated heterocycles. The van der Waals surface area contributed by atoms with Crippen LogP contribution in [0.3, 0.4) is 0 Å². The summed E-state index contributed by atoms with van der Waals surface area (Å²) in [6.45, 7) is 4.63. The SMILES string of the molecule is CCCCCN(CC(=O)Nc1ncc(C)s1)C(=O)c1cccc2ccccc12. The van der Waals surface area contributed by atoms with Crippen molar-refractivity contribution in [1.82, 2.24) is 9.88 Å². The van der Waals surface area contributed by atoms with Crippen molar-refractivity contribution >= 4 is 39.1 Å². The van der Waals surface area contributed by atoms with Gasteiger partial charge in [0.05, 0.1) is 0 Å². The highest BCUT2D eigenvalue weighted by Crippen LogP contribution is 2.21. The maximum absolute atomic E-state index is 13.3. The fourth-order valence-electron chi connectivity index (χ4n) is 3.13. The number of hydrogen-bond donors (Lipinski definition) is 1. The van der Waals surface area contributed by atoms with Gasteiger partial charge in [0.1, 0.15) is 6.54 Å². The Morgan fingerprint density at radius 2 is 1.89 bits per heavy atom. The van der Waals surface area contributed by atoms with E-state index in [1.807, 2.05) is 49.4 Å². The first kappa shape index (κ1) is 20.0. The van der Waals surface area contributed by atoms with Crippen LogP contribution in [0.2, 0.25) is 0 Å². The second kappa shape index (κ2) is 9.46. The van der Waals surface area contributed by atoms with Gasteiger partial charge >= 0.3 is 0 Å². The van der Waals surface area contributed by atoms with E-state index in [1.54, 1.807) is 11.1 Å². The van der Waals surface area contributed by atoms with Gasteiger partial charge in [-0.25, -0.2) is 4.98 Å². The monoisotopic (exact) mass is 395 g/mol. The minimum atomic E-state index is -0.223. The summed E-state index contributed by atoms with van der Waals surface area (Å²) in [5.41, 5.74) is 0.632. The fraction of sp³-hybridized carbons (Fsp3) is 0.318. The number of fused-ring (bicyclic) bond motifs is 1. The van der Waals surface area contributed by atoms with E-state index in [0.717, 1.165) is 34.9 Å². The normalized spacial score (nSPS) is 10.8. The van der Waals surface area contributed by atoms with Crippen molar-refractivity contribution in [2.24, 2.45) is 0 Å². The Balaban J connectivity index is 1.79. The smallest absolute Gasteiger partial charge is 0.254 e. The van der Waals surface area contributed by atoms with Crippen LogP contribution >= 0.6 is 11.3 Å². The van der Waals surface area contributed by atoms with Gasteiger partial charge in [0.15, 0.2) is 5.13 Å². The third-order valence-electron chi connectivity index (χ3n) is 4.54. The highest BCUT2D eigenvalue weighted by atomic mass is 32.1. The number of nitrogens with one attached hydrogen (secondary N) is 1. The lowest BCUT2D eigenvalue weighted by Gasteiger charge is -2.23. The molecule has 0 radical (unpaired) electrons. The maximum atomic E-state index is 13.3. The first-order valence-electron chi connectivity index (χ1n) is 9.58. The van der Waals surface area contributed by atoms with Crippen LogP contribution in [0.1, 0.15) is 41.4 Å². The zero-order valence-electron chi connectivity index (χ0n) is 16.3. The number of carbonyl (C=O) groups excluding carboxylic acids is 2. The minimum Gasteiger partial charge on any atom is -0.329 e. The average Bonchev–Trinajstić information content (AvgIpc) is 3.10. The molecule has 3 aromatic rings. The number of rotatable bonds is 8. The van der Waals surface area contributed by atoms with E-state index in [9.17, 15) is 9.59 Å². The van der Waals surface area contributed by atoms with E-state index in [2.05, 4.69) is 17.2 Å². The largest absolute Gasteiger partial charge is 0.329 e. The molecule has 0 aliphatic carbocycles. The standard InChI is InChI=1S/C22H25N3O2S/c1-3-4-7-13-25(15-20(26)24-22-23-14-16(2)28-22)21(27)19-12-8-10-17-9-5-6-11-18(17)19/h5-6,8-12,14H,3-4,7,13,15H2,1-2H3,(H,23,24,26). The van der Waals surface area contributed by atoms with E-state index in [-0.39, 0.29) is 18.4 Å². The summed E-state index contributed by atoms with van der Waals surface area (Å²) in [6.07, 6.45) is 4.67. The number of anilines is 1. The lowest BCUT2D eigenvalue weighted by atomic mass is 10.0. The lowest BCUT2D eigenvalue weighted by Crippen LogP contribution is -2.38. The number of nitrogens with zero attached hydrogens (tertiary/aromatic N) is 2. The highest BCUT2D eigenvalue weighted by Gasteiger charge is 2.20. The second-order valence-corrected chi connectivity index (χ2v) is 8.02. The fourth-order valence-corrected chi connectivity index (χ4v) is 3.81. The first-order valence-corrected chi connectivity index (χ1v) is 10.4. The molecule has 0 unspecified atom stereocenters. The Kier molecular flexibility index (Phi) is 6.76. The predicted molar refractivity (Wildman–Crippen MR) is 115 cm³/mol. The molecule has 0 atom stereocenters. The van der Waals surface area contributed by atoms with E-state index < -0.39 is 0 Å². The van der Waals surface area contributed by atoms with Gasteiger partial charge < -0.3 is 10.2 Å². The number of aromatic nitrogens is 1. The first-order chi connectivity index (χ1) is 13.6. The van der Waals surface area contributed by atoms with Crippen LogP contribution < -0.4 is 5.32 Å². The summed E-state index contributed by atoms with van der Waals surface area (Å²) in [6, 6.07) is 13.5. The number of carbonyl (C=O) groups is 2. The number of thiazole rings is 1. The summed E-state index contributed by atoms with van der Waals surface area (Å²) in [5, 5.41) is 5.29. The topological polar surface area (TPSA) is 62.3 Å². The molecule has 146 valence electrons. The molecule has 0 bridgehead atoms. The van der Waals surface area contributed by atoms with Crippen LogP contribution in [-0.2, 0) is 4.79 Å². The molecule has 0 spiro atoms. The van der Waals surface area contributed by atoms with Gasteiger partial charge in [0.25, 0.3) is 5.91 Å². The molecule has 1 heterocycles. The molecule has 3 rings (SSSR count). The third kappa shape index (κ3) is 4.95. The minimum absolute atomic E-state index is 0.0183. The number of aryl methyl sites for hydroxylation is 1. The summed E-state index contributed by atoms with van der Waals surface area (Å²) in [7, 11) is 0. The van der Waals surface area contributed by atoms with Crippen LogP contribution in [0.5, 0.6) is 0 Å². The molecule has 2 aromatic carbocycles. The van der Waals surface area contributed by atoms with Gasteiger partial charge in [-0.05, 0) is 30.2 Å². The van der Waals surface area contributed by atoms with Crippen molar-refractivity contribution in [3.8, 4) is 0 Å². The Morgan fingerprint density at radius 1 is 1.11 bits per heavy atom. The van der Waals surface area contributed by atoms with Crippen molar-refractivity contribution < 1.29 is 9.59 Å². The zero-order valence-corrected chi connectivity index (χ0v) is 17.1. The molecule has 0 fully saturated rings. The van der Waals surface area contributed by atoms with Crippen LogP contribution in [0, 0.1) is 6.92 Å². The van der Waals surface area contributed by atoms with Crippen LogP contribution in [-0.4, -0.2) is 34.8 Å². The molecule has 0 aliphatic rings. The molecule has 28 heavy (non-hydrogen) atoms. The molecule has 5 nitrogen and oxygen atoms in total. The Morgan fingerprint density at radius 3 is 2.64 bits per heavy atom. The van der Waals surface area contributed by atoms with Crippen molar-refractivity contribution in [2.45, 2.75) is 33.1 Å². The Labute approximate surface area is 169 Å². The summed E-state index contributed by atoms with van der Waals surface area (Å²) in [5.74, 6) is -0.335. The van der Waals surface area contributed by atoms with Crippen molar-refractivity contribution in [2.75, 3.05) is 18.4 Å². The molecule has 2 amide bonds. The number of hydrogen-bond acceptors (Lipinski definition) is 4. The third-order valence-corrected chi connectivity index (χ3v) is 5.37. The van der Waals surface area contributed by atoms with E-state index in [4.69, 9.17) is 0 Å². The molecular weight excluding hydrogens is 370 g/mol. The quantitative estimate of drug-likeness (QED) is 0.553. The van der Waals surface area contributed by atoms with Gasteiger partial charge in [-0.3, -0.25) is 9.59 Å². The molecular formula is C22H25N3O2S. The molecule has 1 aromatic heterocycles. The summed E-state index contributed by atoms with van der Waals surface area (Å²) in [4.78, 5) is 32.6.